The van der Waals surface area contributed by atoms with Gasteiger partial charge in [0.15, 0.2) is 0 Å². The number of nitro groups is 1. The average molecular weight is 276 g/mol. The van der Waals surface area contributed by atoms with Gasteiger partial charge in [0.25, 0.3) is 11.2 Å². The van der Waals surface area contributed by atoms with Crippen LogP contribution in [0.3, 0.4) is 0 Å². The lowest BCUT2D eigenvalue weighted by molar-refractivity contribution is -0.384. The molecule has 1 heterocycles. The first kappa shape index (κ1) is 13.9. The van der Waals surface area contributed by atoms with E-state index in [4.69, 9.17) is 5.73 Å². The predicted octanol–water partition coefficient (Wildman–Crippen LogP) is 1.71. The van der Waals surface area contributed by atoms with E-state index >= 15 is 0 Å². The van der Waals surface area contributed by atoms with Gasteiger partial charge in [0.2, 0.25) is 0 Å². The number of nitrogen functional groups attached to an aromatic ring is 1. The minimum Gasteiger partial charge on any atom is -0.393 e. The van der Waals surface area contributed by atoms with Crippen molar-refractivity contribution in [2.75, 3.05) is 5.73 Å². The van der Waals surface area contributed by atoms with Crippen LogP contribution in [0.4, 0.5) is 11.4 Å². The second-order valence-corrected chi connectivity index (χ2v) is 4.32. The lowest BCUT2D eigenvalue weighted by atomic mass is 10.3. The molecule has 2 aromatic rings. The molecule has 0 aliphatic heterocycles. The number of nitro benzene ring substituents is 1. The number of anilines is 1. The molecule has 0 aliphatic carbocycles. The minimum atomic E-state index is -0.475. The number of rotatable bonds is 4. The highest BCUT2D eigenvalue weighted by atomic mass is 16.6. The third kappa shape index (κ3) is 2.07. The van der Waals surface area contributed by atoms with Crippen LogP contribution in [-0.2, 0) is 13.0 Å². The Bertz CT molecular complexity index is 698. The van der Waals surface area contributed by atoms with Crippen molar-refractivity contribution in [1.82, 2.24) is 9.36 Å². The summed E-state index contributed by atoms with van der Waals surface area (Å²) in [6.07, 6.45) is 0.648. The molecule has 0 spiro atoms. The fourth-order valence-electron chi connectivity index (χ4n) is 2.28. The monoisotopic (exact) mass is 276 g/mol. The van der Waals surface area contributed by atoms with Crippen LogP contribution in [0.1, 0.15) is 19.5 Å². The van der Waals surface area contributed by atoms with Crippen molar-refractivity contribution in [1.29, 1.82) is 0 Å². The molecule has 0 atom stereocenters. The first-order chi connectivity index (χ1) is 9.51. The summed E-state index contributed by atoms with van der Waals surface area (Å²) in [6, 6.07) is 5.84. The molecule has 20 heavy (non-hydrogen) atoms. The highest BCUT2D eigenvalue weighted by Gasteiger charge is 2.17. The van der Waals surface area contributed by atoms with Crippen molar-refractivity contribution < 1.29 is 4.92 Å². The average Bonchev–Trinajstić information content (AvgIpc) is 2.70. The maximum atomic E-state index is 12.2. The van der Waals surface area contributed by atoms with E-state index in [1.807, 2.05) is 13.8 Å². The number of hydrogen-bond acceptors (Lipinski definition) is 4. The van der Waals surface area contributed by atoms with Crippen LogP contribution < -0.4 is 11.3 Å². The van der Waals surface area contributed by atoms with Crippen molar-refractivity contribution >= 4 is 11.4 Å². The van der Waals surface area contributed by atoms with E-state index in [0.29, 0.717) is 18.7 Å². The largest absolute Gasteiger partial charge is 0.393 e. The lowest BCUT2D eigenvalue weighted by Gasteiger charge is -2.11. The molecule has 0 amide bonds. The number of hydrogen-bond donors (Lipinski definition) is 1. The van der Waals surface area contributed by atoms with Gasteiger partial charge in [-0.1, -0.05) is 6.92 Å². The maximum absolute atomic E-state index is 12.2. The highest BCUT2D eigenvalue weighted by Crippen LogP contribution is 2.17. The zero-order chi connectivity index (χ0) is 14.9. The van der Waals surface area contributed by atoms with E-state index in [1.165, 1.54) is 16.8 Å². The SMILES string of the molecule is CCc1c(N)c(=O)n(-c2ccc([N+](=O)[O-])cc2)n1CC. The zero-order valence-electron chi connectivity index (χ0n) is 11.4. The first-order valence-electron chi connectivity index (χ1n) is 6.36. The standard InChI is InChI=1S/C13H16N4O3/c1-3-11-12(14)13(18)16(15(11)4-2)9-5-7-10(8-6-9)17(19)20/h5-8H,3-4,14H2,1-2H3. The molecule has 7 heteroatoms. The van der Waals surface area contributed by atoms with Crippen molar-refractivity contribution in [3.05, 3.63) is 50.4 Å². The van der Waals surface area contributed by atoms with Crippen LogP contribution in [0.15, 0.2) is 29.1 Å². The van der Waals surface area contributed by atoms with E-state index in [-0.39, 0.29) is 16.9 Å². The molecule has 0 fully saturated rings. The smallest absolute Gasteiger partial charge is 0.294 e. The molecular weight excluding hydrogens is 260 g/mol. The fraction of sp³-hybridized carbons (Fsp3) is 0.308. The summed E-state index contributed by atoms with van der Waals surface area (Å²) < 4.78 is 3.25. The van der Waals surface area contributed by atoms with E-state index < -0.39 is 4.92 Å². The van der Waals surface area contributed by atoms with Crippen LogP contribution in [-0.4, -0.2) is 14.3 Å². The van der Waals surface area contributed by atoms with E-state index in [0.717, 1.165) is 5.69 Å². The van der Waals surface area contributed by atoms with Gasteiger partial charge in [0, 0.05) is 18.7 Å². The lowest BCUT2D eigenvalue weighted by Crippen LogP contribution is -2.22. The number of nitrogens with two attached hydrogens (primary N) is 1. The van der Waals surface area contributed by atoms with Crippen LogP contribution in [0.2, 0.25) is 0 Å². The molecule has 1 aromatic heterocycles. The van der Waals surface area contributed by atoms with Crippen LogP contribution in [0, 0.1) is 10.1 Å². The van der Waals surface area contributed by atoms with Gasteiger partial charge in [0.1, 0.15) is 5.69 Å². The van der Waals surface area contributed by atoms with Gasteiger partial charge in [-0.2, -0.15) is 0 Å². The Hall–Kier alpha value is -2.57. The molecule has 7 nitrogen and oxygen atoms in total. The molecule has 0 aliphatic rings. The molecule has 2 N–H and O–H groups in total. The summed E-state index contributed by atoms with van der Waals surface area (Å²) in [5, 5.41) is 10.7. The number of benzene rings is 1. The summed E-state index contributed by atoms with van der Waals surface area (Å²) in [6.45, 7) is 4.43. The molecule has 0 unspecified atom stereocenters. The van der Waals surface area contributed by atoms with Crippen LogP contribution >= 0.6 is 0 Å². The number of nitrogens with zero attached hydrogens (tertiary/aromatic N) is 3. The Morgan fingerprint density at radius 3 is 2.30 bits per heavy atom. The molecule has 106 valence electrons. The predicted molar refractivity (Wildman–Crippen MR) is 76.1 cm³/mol. The summed E-state index contributed by atoms with van der Waals surface area (Å²) >= 11 is 0. The van der Waals surface area contributed by atoms with Gasteiger partial charge >= 0.3 is 0 Å². The highest BCUT2D eigenvalue weighted by molar-refractivity contribution is 5.47. The Labute approximate surface area is 115 Å². The summed E-state index contributed by atoms with van der Waals surface area (Å²) in [7, 11) is 0. The molecule has 0 saturated carbocycles. The molecule has 0 bridgehead atoms. The third-order valence-corrected chi connectivity index (χ3v) is 3.23. The van der Waals surface area contributed by atoms with Crippen molar-refractivity contribution in [3.8, 4) is 5.69 Å². The van der Waals surface area contributed by atoms with E-state index in [9.17, 15) is 14.9 Å². The zero-order valence-corrected chi connectivity index (χ0v) is 11.4. The number of aromatic nitrogens is 2. The summed E-state index contributed by atoms with van der Waals surface area (Å²) in [5.41, 5.74) is 7.10. The van der Waals surface area contributed by atoms with Gasteiger partial charge in [-0.05, 0) is 25.5 Å². The van der Waals surface area contributed by atoms with E-state index in [1.54, 1.807) is 16.8 Å². The Morgan fingerprint density at radius 2 is 1.85 bits per heavy atom. The molecule has 0 radical (unpaired) electrons. The maximum Gasteiger partial charge on any atom is 0.294 e. The second-order valence-electron chi connectivity index (χ2n) is 4.32. The quantitative estimate of drug-likeness (QED) is 0.679. The number of non-ortho nitro benzene ring substituents is 1. The van der Waals surface area contributed by atoms with Crippen LogP contribution in [0.5, 0.6) is 0 Å². The molecule has 2 rings (SSSR count). The molecule has 0 saturated heterocycles. The van der Waals surface area contributed by atoms with Crippen molar-refractivity contribution in [3.63, 3.8) is 0 Å². The molecular formula is C13H16N4O3. The second kappa shape index (κ2) is 5.20. The van der Waals surface area contributed by atoms with Crippen molar-refractivity contribution in [2.45, 2.75) is 26.8 Å². The normalized spacial score (nSPS) is 10.7. The Morgan fingerprint density at radius 1 is 1.25 bits per heavy atom. The third-order valence-electron chi connectivity index (χ3n) is 3.23. The van der Waals surface area contributed by atoms with Crippen molar-refractivity contribution in [2.24, 2.45) is 0 Å². The first-order valence-corrected chi connectivity index (χ1v) is 6.36. The Kier molecular flexibility index (Phi) is 3.60. The summed E-state index contributed by atoms with van der Waals surface area (Å²) in [5.74, 6) is 0. The van der Waals surface area contributed by atoms with Crippen LogP contribution in [0.25, 0.3) is 5.69 Å². The minimum absolute atomic E-state index is 0.0138. The molecule has 1 aromatic carbocycles. The van der Waals surface area contributed by atoms with Gasteiger partial charge in [0.05, 0.1) is 16.3 Å². The van der Waals surface area contributed by atoms with E-state index in [2.05, 4.69) is 0 Å². The Balaban J connectivity index is 2.63. The topological polar surface area (TPSA) is 96.1 Å². The van der Waals surface area contributed by atoms with Gasteiger partial charge < -0.3 is 5.73 Å². The van der Waals surface area contributed by atoms with Gasteiger partial charge in [-0.15, -0.1) is 0 Å². The summed E-state index contributed by atoms with van der Waals surface area (Å²) in [4.78, 5) is 22.4. The van der Waals surface area contributed by atoms with Gasteiger partial charge in [-0.25, -0.2) is 4.68 Å². The van der Waals surface area contributed by atoms with Gasteiger partial charge in [-0.3, -0.25) is 19.6 Å². The fourth-order valence-corrected chi connectivity index (χ4v) is 2.28.